The molecule has 0 unspecified atom stereocenters. The molecular formula is C12H23F2NO5. The van der Waals surface area contributed by atoms with Crippen molar-refractivity contribution in [3.05, 3.63) is 0 Å². The molecule has 0 radical (unpaired) electrons. The third-order valence-corrected chi connectivity index (χ3v) is 2.11. The monoisotopic (exact) mass is 299 g/mol. The predicted molar refractivity (Wildman–Crippen MR) is 67.5 cm³/mol. The summed E-state index contributed by atoms with van der Waals surface area (Å²) in [6, 6.07) is 0. The summed E-state index contributed by atoms with van der Waals surface area (Å²) in [6.07, 6.45) is -2.88. The minimum atomic E-state index is -2.95. The van der Waals surface area contributed by atoms with Gasteiger partial charge in [-0.05, 0) is 27.7 Å². The molecule has 0 aliphatic carbocycles. The minimum Gasteiger partial charge on any atom is -0.444 e. The number of carbonyl (C=O) groups is 1. The highest BCUT2D eigenvalue weighted by atomic mass is 19.3. The zero-order chi connectivity index (χ0) is 15.9. The van der Waals surface area contributed by atoms with Crippen LogP contribution in [-0.2, 0) is 9.47 Å². The number of amides is 1. The highest BCUT2D eigenvalue weighted by Gasteiger charge is 2.26. The van der Waals surface area contributed by atoms with Crippen LogP contribution < -0.4 is 0 Å². The van der Waals surface area contributed by atoms with E-state index in [1.165, 1.54) is 6.92 Å². The molecule has 0 heterocycles. The van der Waals surface area contributed by atoms with E-state index in [1.807, 2.05) is 0 Å². The first-order valence-corrected chi connectivity index (χ1v) is 6.25. The first kappa shape index (κ1) is 19.0. The molecule has 0 bridgehead atoms. The fourth-order valence-electron chi connectivity index (χ4n) is 1.39. The van der Waals surface area contributed by atoms with Crippen molar-refractivity contribution >= 4 is 6.09 Å². The third kappa shape index (κ3) is 9.00. The Balaban J connectivity index is 4.67. The summed E-state index contributed by atoms with van der Waals surface area (Å²) in [7, 11) is 0. The Hall–Kier alpha value is -0.990. The predicted octanol–water partition coefficient (Wildman–Crippen LogP) is 1.20. The minimum absolute atomic E-state index is 0.184. The molecule has 0 saturated heterocycles. The Kier molecular flexibility index (Phi) is 7.92. The average Bonchev–Trinajstić information content (AvgIpc) is 2.24. The van der Waals surface area contributed by atoms with Gasteiger partial charge in [-0.2, -0.15) is 8.78 Å². The molecule has 0 aromatic rings. The topological polar surface area (TPSA) is 79.2 Å². The summed E-state index contributed by atoms with van der Waals surface area (Å²) in [5, 5.41) is 18.2. The Labute approximate surface area is 117 Å². The van der Waals surface area contributed by atoms with E-state index in [9.17, 15) is 18.7 Å². The van der Waals surface area contributed by atoms with Crippen molar-refractivity contribution in [3.63, 3.8) is 0 Å². The Bertz CT molecular complexity index is 296. The van der Waals surface area contributed by atoms with E-state index in [0.717, 1.165) is 4.90 Å². The fourth-order valence-corrected chi connectivity index (χ4v) is 1.39. The van der Waals surface area contributed by atoms with Gasteiger partial charge in [0, 0.05) is 0 Å². The molecule has 0 rings (SSSR count). The van der Waals surface area contributed by atoms with E-state index < -0.39 is 37.1 Å². The summed E-state index contributed by atoms with van der Waals surface area (Å²) in [4.78, 5) is 12.9. The van der Waals surface area contributed by atoms with Crippen LogP contribution in [0.25, 0.3) is 0 Å². The molecule has 120 valence electrons. The number of aliphatic hydroxyl groups excluding tert-OH is 2. The first-order valence-electron chi connectivity index (χ1n) is 6.25. The number of nitrogens with zero attached hydrogens (tertiary/aromatic N) is 1. The molecule has 0 saturated carbocycles. The van der Waals surface area contributed by atoms with Crippen molar-refractivity contribution in [2.75, 3.05) is 19.7 Å². The fraction of sp³-hybridized carbons (Fsp3) is 0.917. The van der Waals surface area contributed by atoms with Gasteiger partial charge in [-0.1, -0.05) is 0 Å². The lowest BCUT2D eigenvalue weighted by Gasteiger charge is -2.30. The van der Waals surface area contributed by atoms with Gasteiger partial charge in [-0.15, -0.1) is 0 Å². The van der Waals surface area contributed by atoms with Gasteiger partial charge < -0.3 is 24.6 Å². The van der Waals surface area contributed by atoms with E-state index in [0.29, 0.717) is 0 Å². The van der Waals surface area contributed by atoms with E-state index >= 15 is 0 Å². The molecule has 0 spiro atoms. The van der Waals surface area contributed by atoms with Crippen LogP contribution >= 0.6 is 0 Å². The van der Waals surface area contributed by atoms with Gasteiger partial charge in [0.2, 0.25) is 0 Å². The number of hydrogen-bond acceptors (Lipinski definition) is 5. The molecule has 2 atom stereocenters. The molecule has 2 N–H and O–H groups in total. The first-order chi connectivity index (χ1) is 9.05. The van der Waals surface area contributed by atoms with Crippen molar-refractivity contribution in [1.29, 1.82) is 0 Å². The molecule has 0 aliphatic rings. The molecular weight excluding hydrogens is 276 g/mol. The number of carbonyl (C=O) groups excluding carboxylic acids is 1. The van der Waals surface area contributed by atoms with E-state index in [1.54, 1.807) is 20.8 Å². The van der Waals surface area contributed by atoms with E-state index in [2.05, 4.69) is 4.74 Å². The van der Waals surface area contributed by atoms with Gasteiger partial charge in [0.05, 0.1) is 31.9 Å². The van der Waals surface area contributed by atoms with Crippen LogP contribution in [-0.4, -0.2) is 65.3 Å². The third-order valence-electron chi connectivity index (χ3n) is 2.11. The van der Waals surface area contributed by atoms with Crippen LogP contribution in [0.5, 0.6) is 0 Å². The van der Waals surface area contributed by atoms with Gasteiger partial charge in [0.25, 0.3) is 0 Å². The average molecular weight is 299 g/mol. The van der Waals surface area contributed by atoms with E-state index in [4.69, 9.17) is 9.84 Å². The highest BCUT2D eigenvalue weighted by molar-refractivity contribution is 5.68. The van der Waals surface area contributed by atoms with Crippen molar-refractivity contribution in [1.82, 2.24) is 4.90 Å². The Morgan fingerprint density at radius 2 is 1.85 bits per heavy atom. The van der Waals surface area contributed by atoms with Crippen molar-refractivity contribution in [2.45, 2.75) is 52.1 Å². The second-order valence-corrected chi connectivity index (χ2v) is 5.43. The maximum atomic E-state index is 12.1. The Morgan fingerprint density at radius 3 is 2.25 bits per heavy atom. The molecule has 6 nitrogen and oxygen atoms in total. The SMILES string of the molecule is C[C@H](CN(C[C@H](O)CO)C(=O)OC(C)(C)C)OC(F)F. The van der Waals surface area contributed by atoms with Crippen molar-refractivity contribution < 1.29 is 33.3 Å². The second-order valence-electron chi connectivity index (χ2n) is 5.43. The van der Waals surface area contributed by atoms with Crippen LogP contribution in [0, 0.1) is 0 Å². The van der Waals surface area contributed by atoms with E-state index in [-0.39, 0.29) is 13.1 Å². The lowest BCUT2D eigenvalue weighted by atomic mass is 10.2. The number of rotatable bonds is 7. The summed E-state index contributed by atoms with van der Waals surface area (Å²) >= 11 is 0. The maximum absolute atomic E-state index is 12.1. The van der Waals surface area contributed by atoms with Crippen LogP contribution in [0.3, 0.4) is 0 Å². The van der Waals surface area contributed by atoms with Gasteiger partial charge in [0.15, 0.2) is 0 Å². The molecule has 0 aromatic carbocycles. The number of aliphatic hydroxyl groups is 2. The number of halogens is 2. The van der Waals surface area contributed by atoms with Crippen LogP contribution in [0.15, 0.2) is 0 Å². The summed E-state index contributed by atoms with van der Waals surface area (Å²) in [5.41, 5.74) is -0.758. The van der Waals surface area contributed by atoms with Gasteiger partial charge in [0.1, 0.15) is 5.60 Å². The maximum Gasteiger partial charge on any atom is 0.410 e. The van der Waals surface area contributed by atoms with Crippen molar-refractivity contribution in [2.24, 2.45) is 0 Å². The van der Waals surface area contributed by atoms with Crippen LogP contribution in [0.1, 0.15) is 27.7 Å². The van der Waals surface area contributed by atoms with Crippen molar-refractivity contribution in [3.8, 4) is 0 Å². The lowest BCUT2D eigenvalue weighted by molar-refractivity contribution is -0.162. The molecule has 8 heteroatoms. The number of alkyl halides is 2. The summed E-state index contributed by atoms with van der Waals surface area (Å²) < 4.78 is 33.5. The quantitative estimate of drug-likeness (QED) is 0.738. The standard InChI is InChI=1S/C12H23F2NO5/c1-8(19-10(13)14)5-15(6-9(17)7-16)11(18)20-12(2,3)4/h8-10,16-17H,5-7H2,1-4H3/t8-,9+/m1/s1. The lowest BCUT2D eigenvalue weighted by Crippen LogP contribution is -2.45. The number of ether oxygens (including phenoxy) is 2. The largest absolute Gasteiger partial charge is 0.444 e. The van der Waals surface area contributed by atoms with Gasteiger partial charge in [-0.3, -0.25) is 0 Å². The second kappa shape index (κ2) is 8.33. The molecule has 0 aliphatic heterocycles. The summed E-state index contributed by atoms with van der Waals surface area (Å²) in [6.45, 7) is 2.42. The van der Waals surface area contributed by atoms with Crippen LogP contribution in [0.2, 0.25) is 0 Å². The molecule has 0 aromatic heterocycles. The molecule has 20 heavy (non-hydrogen) atoms. The Morgan fingerprint density at radius 1 is 1.30 bits per heavy atom. The van der Waals surface area contributed by atoms with Gasteiger partial charge >= 0.3 is 12.7 Å². The normalized spacial score (nSPS) is 15.1. The molecule has 1 amide bonds. The molecule has 0 fully saturated rings. The zero-order valence-electron chi connectivity index (χ0n) is 12.2. The zero-order valence-corrected chi connectivity index (χ0v) is 12.2. The number of hydrogen-bond donors (Lipinski definition) is 2. The van der Waals surface area contributed by atoms with Crippen LogP contribution in [0.4, 0.5) is 13.6 Å². The van der Waals surface area contributed by atoms with Gasteiger partial charge in [-0.25, -0.2) is 4.79 Å². The smallest absolute Gasteiger partial charge is 0.410 e. The summed E-state index contributed by atoms with van der Waals surface area (Å²) in [5.74, 6) is 0. The highest BCUT2D eigenvalue weighted by Crippen LogP contribution is 2.12.